The molecule has 1 aromatic carbocycles. The van der Waals surface area contributed by atoms with Gasteiger partial charge in [-0.2, -0.15) is 0 Å². The van der Waals surface area contributed by atoms with Crippen LogP contribution in [0.4, 0.5) is 0 Å². The maximum atomic E-state index is 4.27. The van der Waals surface area contributed by atoms with E-state index in [0.717, 1.165) is 17.4 Å². The van der Waals surface area contributed by atoms with E-state index >= 15 is 0 Å². The van der Waals surface area contributed by atoms with Gasteiger partial charge in [-0.1, -0.05) is 48.0 Å². The van der Waals surface area contributed by atoms with Crippen LogP contribution < -0.4 is 5.32 Å². The summed E-state index contributed by atoms with van der Waals surface area (Å²) in [5.74, 6) is 0.416. The number of halogens is 2. The SMILES string of the molecule is CC(C)NCC(Cc1cncc(Br)c1)c1ccccc1Br. The highest BCUT2D eigenvalue weighted by atomic mass is 79.9. The number of nitrogens with zero attached hydrogens (tertiary/aromatic N) is 1. The van der Waals surface area contributed by atoms with E-state index in [1.54, 1.807) is 0 Å². The van der Waals surface area contributed by atoms with E-state index in [2.05, 4.69) is 86.3 Å². The molecule has 0 saturated heterocycles. The molecule has 112 valence electrons. The summed E-state index contributed by atoms with van der Waals surface area (Å²) in [7, 11) is 0. The molecule has 2 aromatic rings. The summed E-state index contributed by atoms with van der Waals surface area (Å²) in [6.07, 6.45) is 4.74. The monoisotopic (exact) mass is 410 g/mol. The van der Waals surface area contributed by atoms with Gasteiger partial charge in [0.15, 0.2) is 0 Å². The third-order valence-corrected chi connectivity index (χ3v) is 4.52. The lowest BCUT2D eigenvalue weighted by Crippen LogP contribution is -2.29. The van der Waals surface area contributed by atoms with E-state index < -0.39 is 0 Å². The van der Waals surface area contributed by atoms with Crippen molar-refractivity contribution in [2.75, 3.05) is 6.54 Å². The van der Waals surface area contributed by atoms with Crippen LogP contribution in [-0.4, -0.2) is 17.6 Å². The summed E-state index contributed by atoms with van der Waals surface area (Å²) in [5.41, 5.74) is 2.58. The molecule has 1 atom stereocenters. The maximum Gasteiger partial charge on any atom is 0.0410 e. The maximum absolute atomic E-state index is 4.27. The van der Waals surface area contributed by atoms with Gasteiger partial charge >= 0.3 is 0 Å². The molecule has 0 fully saturated rings. The van der Waals surface area contributed by atoms with E-state index in [1.807, 2.05) is 12.4 Å². The standard InChI is InChI=1S/C17H20Br2N2/c1-12(2)21-10-14(16-5-3-4-6-17(16)19)7-13-8-15(18)11-20-9-13/h3-6,8-9,11-12,14,21H,7,10H2,1-2H3. The van der Waals surface area contributed by atoms with Gasteiger partial charge in [-0.3, -0.25) is 4.98 Å². The van der Waals surface area contributed by atoms with Crippen molar-refractivity contribution in [2.45, 2.75) is 32.2 Å². The second-order valence-electron chi connectivity index (χ2n) is 5.50. The summed E-state index contributed by atoms with van der Waals surface area (Å²) in [4.78, 5) is 4.27. The van der Waals surface area contributed by atoms with Gasteiger partial charge in [0.1, 0.15) is 0 Å². The Morgan fingerprint density at radius 1 is 1.14 bits per heavy atom. The molecular weight excluding hydrogens is 392 g/mol. The number of hydrogen-bond donors (Lipinski definition) is 1. The van der Waals surface area contributed by atoms with Gasteiger partial charge in [-0.05, 0) is 45.6 Å². The largest absolute Gasteiger partial charge is 0.314 e. The molecule has 0 saturated carbocycles. The van der Waals surface area contributed by atoms with Crippen LogP contribution in [0.1, 0.15) is 30.9 Å². The Balaban J connectivity index is 2.22. The molecule has 2 nitrogen and oxygen atoms in total. The molecule has 4 heteroatoms. The number of nitrogens with one attached hydrogen (secondary N) is 1. The first kappa shape index (κ1) is 16.7. The number of hydrogen-bond acceptors (Lipinski definition) is 2. The van der Waals surface area contributed by atoms with E-state index in [1.165, 1.54) is 15.6 Å². The molecular formula is C17H20Br2N2. The molecule has 2 rings (SSSR count). The molecule has 1 N–H and O–H groups in total. The van der Waals surface area contributed by atoms with Gasteiger partial charge in [-0.25, -0.2) is 0 Å². The van der Waals surface area contributed by atoms with Gasteiger partial charge in [0, 0.05) is 39.8 Å². The van der Waals surface area contributed by atoms with Crippen LogP contribution in [0.2, 0.25) is 0 Å². The molecule has 0 aliphatic heterocycles. The minimum Gasteiger partial charge on any atom is -0.314 e. The number of pyridine rings is 1. The van der Waals surface area contributed by atoms with Crippen LogP contribution in [0.25, 0.3) is 0 Å². The van der Waals surface area contributed by atoms with E-state index in [4.69, 9.17) is 0 Å². The summed E-state index contributed by atoms with van der Waals surface area (Å²) in [6, 6.07) is 11.1. The molecule has 0 bridgehead atoms. The fourth-order valence-corrected chi connectivity index (χ4v) is 3.35. The van der Waals surface area contributed by atoms with Gasteiger partial charge in [0.25, 0.3) is 0 Å². The lowest BCUT2D eigenvalue weighted by Gasteiger charge is -2.21. The highest BCUT2D eigenvalue weighted by molar-refractivity contribution is 9.10. The Kier molecular flexibility index (Phi) is 6.40. The fourth-order valence-electron chi connectivity index (χ4n) is 2.33. The third kappa shape index (κ3) is 5.20. The van der Waals surface area contributed by atoms with Crippen LogP contribution in [0.3, 0.4) is 0 Å². The zero-order chi connectivity index (χ0) is 15.2. The van der Waals surface area contributed by atoms with Crippen LogP contribution in [0.15, 0.2) is 51.7 Å². The molecule has 1 unspecified atom stereocenters. The van der Waals surface area contributed by atoms with Crippen molar-refractivity contribution in [3.05, 3.63) is 62.8 Å². The molecule has 1 heterocycles. The highest BCUT2D eigenvalue weighted by Gasteiger charge is 2.15. The van der Waals surface area contributed by atoms with Crippen molar-refractivity contribution in [1.82, 2.24) is 10.3 Å². The summed E-state index contributed by atoms with van der Waals surface area (Å²) >= 11 is 7.18. The quantitative estimate of drug-likeness (QED) is 0.728. The average molecular weight is 412 g/mol. The summed E-state index contributed by atoms with van der Waals surface area (Å²) < 4.78 is 2.20. The molecule has 0 aliphatic rings. The number of rotatable bonds is 6. The number of aromatic nitrogens is 1. The molecule has 21 heavy (non-hydrogen) atoms. The lowest BCUT2D eigenvalue weighted by atomic mass is 9.92. The molecule has 0 radical (unpaired) electrons. The minimum absolute atomic E-state index is 0.416. The Bertz CT molecular complexity index is 585. The Morgan fingerprint density at radius 2 is 1.90 bits per heavy atom. The zero-order valence-corrected chi connectivity index (χ0v) is 15.5. The van der Waals surface area contributed by atoms with Crippen molar-refractivity contribution in [3.63, 3.8) is 0 Å². The van der Waals surface area contributed by atoms with E-state index in [0.29, 0.717) is 12.0 Å². The van der Waals surface area contributed by atoms with Crippen molar-refractivity contribution in [3.8, 4) is 0 Å². The van der Waals surface area contributed by atoms with Crippen LogP contribution >= 0.6 is 31.9 Å². The van der Waals surface area contributed by atoms with Crippen molar-refractivity contribution in [1.29, 1.82) is 0 Å². The second-order valence-corrected chi connectivity index (χ2v) is 7.27. The normalized spacial score (nSPS) is 12.6. The van der Waals surface area contributed by atoms with Crippen molar-refractivity contribution >= 4 is 31.9 Å². The lowest BCUT2D eigenvalue weighted by molar-refractivity contribution is 0.525. The first-order valence-corrected chi connectivity index (χ1v) is 8.72. The van der Waals surface area contributed by atoms with Gasteiger partial charge in [-0.15, -0.1) is 0 Å². The molecule has 0 spiro atoms. The second kappa shape index (κ2) is 8.06. The van der Waals surface area contributed by atoms with E-state index in [-0.39, 0.29) is 0 Å². The summed E-state index contributed by atoms with van der Waals surface area (Å²) in [5, 5.41) is 3.55. The van der Waals surface area contributed by atoms with E-state index in [9.17, 15) is 0 Å². The molecule has 1 aromatic heterocycles. The topological polar surface area (TPSA) is 24.9 Å². The van der Waals surface area contributed by atoms with Gasteiger partial charge in [0.2, 0.25) is 0 Å². The average Bonchev–Trinajstić information content (AvgIpc) is 2.44. The zero-order valence-electron chi connectivity index (χ0n) is 12.3. The molecule has 0 amide bonds. The van der Waals surface area contributed by atoms with Gasteiger partial charge < -0.3 is 5.32 Å². The fraction of sp³-hybridized carbons (Fsp3) is 0.353. The van der Waals surface area contributed by atoms with Crippen molar-refractivity contribution < 1.29 is 0 Å². The summed E-state index contributed by atoms with van der Waals surface area (Å²) in [6.45, 7) is 5.31. The Labute approximate surface area is 143 Å². The van der Waals surface area contributed by atoms with Crippen LogP contribution in [0.5, 0.6) is 0 Å². The first-order valence-electron chi connectivity index (χ1n) is 7.13. The predicted octanol–water partition coefficient (Wildman–Crippen LogP) is 4.93. The number of benzene rings is 1. The van der Waals surface area contributed by atoms with Crippen LogP contribution in [-0.2, 0) is 6.42 Å². The smallest absolute Gasteiger partial charge is 0.0410 e. The third-order valence-electron chi connectivity index (χ3n) is 3.36. The molecule has 0 aliphatic carbocycles. The Hall–Kier alpha value is -0.710. The Morgan fingerprint density at radius 3 is 2.57 bits per heavy atom. The van der Waals surface area contributed by atoms with Crippen LogP contribution in [0, 0.1) is 0 Å². The first-order chi connectivity index (χ1) is 10.1. The predicted molar refractivity (Wildman–Crippen MR) is 95.7 cm³/mol. The highest BCUT2D eigenvalue weighted by Crippen LogP contribution is 2.28. The van der Waals surface area contributed by atoms with Crippen molar-refractivity contribution in [2.24, 2.45) is 0 Å². The minimum atomic E-state index is 0.416. The van der Waals surface area contributed by atoms with Gasteiger partial charge in [0.05, 0.1) is 0 Å².